The van der Waals surface area contributed by atoms with Crippen LogP contribution in [0.5, 0.6) is 11.5 Å². The number of amides is 1. The van der Waals surface area contributed by atoms with Crippen LogP contribution in [0.3, 0.4) is 0 Å². The zero-order valence-electron chi connectivity index (χ0n) is 17.0. The van der Waals surface area contributed by atoms with Crippen LogP contribution in [0.4, 0.5) is 0 Å². The van der Waals surface area contributed by atoms with E-state index in [1.807, 2.05) is 17.0 Å². The van der Waals surface area contributed by atoms with Gasteiger partial charge in [0, 0.05) is 25.7 Å². The first-order valence-corrected chi connectivity index (χ1v) is 10.4. The molecule has 5 heteroatoms. The summed E-state index contributed by atoms with van der Waals surface area (Å²) in [5.74, 6) is 2.87. The predicted molar refractivity (Wildman–Crippen MR) is 107 cm³/mol. The third-order valence-corrected chi connectivity index (χ3v) is 6.31. The first-order chi connectivity index (χ1) is 13.1. The highest BCUT2D eigenvalue weighted by Gasteiger charge is 2.26. The van der Waals surface area contributed by atoms with E-state index in [0.29, 0.717) is 23.5 Å². The largest absolute Gasteiger partial charge is 0.493 e. The minimum Gasteiger partial charge on any atom is -0.493 e. The van der Waals surface area contributed by atoms with Crippen LogP contribution in [0.2, 0.25) is 0 Å². The van der Waals surface area contributed by atoms with Crippen LogP contribution in [-0.2, 0) is 11.3 Å². The van der Waals surface area contributed by atoms with Gasteiger partial charge in [-0.25, -0.2) is 0 Å². The Labute approximate surface area is 163 Å². The number of hydrogen-bond acceptors (Lipinski definition) is 4. The summed E-state index contributed by atoms with van der Waals surface area (Å²) < 4.78 is 11.2. The summed E-state index contributed by atoms with van der Waals surface area (Å²) in [6.45, 7) is 7.31. The van der Waals surface area contributed by atoms with Crippen molar-refractivity contribution in [3.8, 4) is 11.5 Å². The molecule has 0 aromatic heterocycles. The molecule has 0 unspecified atom stereocenters. The molecule has 5 nitrogen and oxygen atoms in total. The molecular weight excluding hydrogens is 340 g/mol. The minimum absolute atomic E-state index is 0.0562. The molecule has 3 rings (SSSR count). The number of methoxy groups -OCH3 is 1. The molecule has 0 radical (unpaired) electrons. The van der Waals surface area contributed by atoms with Crippen LogP contribution in [0.25, 0.3) is 0 Å². The summed E-state index contributed by atoms with van der Waals surface area (Å²) in [4.78, 5) is 14.0. The molecule has 1 heterocycles. The molecule has 1 N–H and O–H groups in total. The van der Waals surface area contributed by atoms with Crippen molar-refractivity contribution in [3.05, 3.63) is 23.8 Å². The van der Waals surface area contributed by atoms with E-state index in [-0.39, 0.29) is 12.5 Å². The van der Waals surface area contributed by atoms with Gasteiger partial charge < -0.3 is 19.7 Å². The van der Waals surface area contributed by atoms with E-state index >= 15 is 0 Å². The van der Waals surface area contributed by atoms with Crippen molar-refractivity contribution in [2.24, 2.45) is 11.8 Å². The van der Waals surface area contributed by atoms with Gasteiger partial charge in [0.25, 0.3) is 5.91 Å². The first-order valence-electron chi connectivity index (χ1n) is 10.4. The van der Waals surface area contributed by atoms with E-state index in [9.17, 15) is 4.79 Å². The second kappa shape index (κ2) is 9.45. The minimum atomic E-state index is 0.0562. The van der Waals surface area contributed by atoms with Gasteiger partial charge in [-0.2, -0.15) is 0 Å². The van der Waals surface area contributed by atoms with Crippen LogP contribution in [0, 0.1) is 11.8 Å². The fraction of sp³-hybridized carbons (Fsp3) is 0.682. The Morgan fingerprint density at radius 3 is 2.67 bits per heavy atom. The summed E-state index contributed by atoms with van der Waals surface area (Å²) in [6, 6.07) is 6.57. The van der Waals surface area contributed by atoms with Gasteiger partial charge in [0.1, 0.15) is 0 Å². The van der Waals surface area contributed by atoms with E-state index in [2.05, 4.69) is 25.2 Å². The zero-order chi connectivity index (χ0) is 19.2. The Balaban J connectivity index is 1.54. The molecule has 27 heavy (non-hydrogen) atoms. The van der Waals surface area contributed by atoms with Gasteiger partial charge >= 0.3 is 0 Å². The average Bonchev–Trinajstić information content (AvgIpc) is 3.22. The average molecular weight is 375 g/mol. The van der Waals surface area contributed by atoms with Gasteiger partial charge in [0.2, 0.25) is 0 Å². The highest BCUT2D eigenvalue weighted by molar-refractivity contribution is 5.78. The normalized spacial score (nSPS) is 25.4. The zero-order valence-corrected chi connectivity index (χ0v) is 17.0. The molecule has 1 aromatic carbocycles. The maximum absolute atomic E-state index is 12.2. The highest BCUT2D eigenvalue weighted by Crippen LogP contribution is 2.31. The van der Waals surface area contributed by atoms with Crippen LogP contribution in [0.15, 0.2) is 18.2 Å². The molecule has 1 saturated heterocycles. The fourth-order valence-electron chi connectivity index (χ4n) is 4.26. The number of likely N-dealkylation sites (tertiary alicyclic amines) is 1. The summed E-state index contributed by atoms with van der Waals surface area (Å²) in [5, 5.41) is 3.72. The highest BCUT2D eigenvalue weighted by atomic mass is 16.5. The molecule has 0 spiro atoms. The van der Waals surface area contributed by atoms with Gasteiger partial charge in [-0.05, 0) is 48.8 Å². The number of carbonyl (C=O) groups is 1. The second-order valence-electron chi connectivity index (χ2n) is 8.12. The van der Waals surface area contributed by atoms with Crippen LogP contribution in [0.1, 0.15) is 51.5 Å². The van der Waals surface area contributed by atoms with Crippen LogP contribution in [-0.4, -0.2) is 43.7 Å². The standard InChI is InChI=1S/C22H34N2O3/c1-16-7-6-8-19(17(16)2)23-14-18-9-10-20(21(13-18)26-3)27-15-22(25)24-11-4-5-12-24/h9-10,13,16-17,19,23H,4-8,11-12,14-15H2,1-3H3/t16-,17+,19-/m1/s1. The van der Waals surface area contributed by atoms with Crippen molar-refractivity contribution in [2.45, 2.75) is 58.5 Å². The third kappa shape index (κ3) is 5.16. The molecule has 150 valence electrons. The predicted octanol–water partition coefficient (Wildman–Crippen LogP) is 3.61. The molecule has 1 aromatic rings. The van der Waals surface area contributed by atoms with Crippen molar-refractivity contribution >= 4 is 5.91 Å². The SMILES string of the molecule is COc1cc(CN[C@@H]2CCC[C@@H](C)[C@@H]2C)ccc1OCC(=O)N1CCCC1. The van der Waals surface area contributed by atoms with Crippen molar-refractivity contribution in [1.29, 1.82) is 0 Å². The quantitative estimate of drug-likeness (QED) is 0.792. The lowest BCUT2D eigenvalue weighted by Crippen LogP contribution is -2.40. The summed E-state index contributed by atoms with van der Waals surface area (Å²) >= 11 is 0. The van der Waals surface area contributed by atoms with E-state index in [1.54, 1.807) is 7.11 Å². The Bertz CT molecular complexity index is 628. The fourth-order valence-corrected chi connectivity index (χ4v) is 4.26. The number of benzene rings is 1. The van der Waals surface area contributed by atoms with Gasteiger partial charge in [-0.3, -0.25) is 4.79 Å². The molecule has 1 aliphatic heterocycles. The molecule has 0 bridgehead atoms. The number of hydrogen-bond donors (Lipinski definition) is 1. The lowest BCUT2D eigenvalue weighted by molar-refractivity contribution is -0.132. The van der Waals surface area contributed by atoms with Crippen molar-refractivity contribution in [3.63, 3.8) is 0 Å². The summed E-state index contributed by atoms with van der Waals surface area (Å²) in [5.41, 5.74) is 1.18. The number of nitrogens with one attached hydrogen (secondary N) is 1. The van der Waals surface area contributed by atoms with Crippen molar-refractivity contribution < 1.29 is 14.3 Å². The van der Waals surface area contributed by atoms with Crippen molar-refractivity contribution in [2.75, 3.05) is 26.8 Å². The lowest BCUT2D eigenvalue weighted by atomic mass is 9.78. The first kappa shape index (κ1) is 20.0. The molecule has 3 atom stereocenters. The molecular formula is C22H34N2O3. The Hall–Kier alpha value is -1.75. The topological polar surface area (TPSA) is 50.8 Å². The molecule has 1 aliphatic carbocycles. The monoisotopic (exact) mass is 374 g/mol. The molecule has 1 saturated carbocycles. The number of ether oxygens (including phenoxy) is 2. The molecule has 2 aliphatic rings. The maximum atomic E-state index is 12.2. The lowest BCUT2D eigenvalue weighted by Gasteiger charge is -2.34. The van der Waals surface area contributed by atoms with Crippen LogP contribution >= 0.6 is 0 Å². The molecule has 1 amide bonds. The van der Waals surface area contributed by atoms with Gasteiger partial charge in [0.05, 0.1) is 7.11 Å². The Morgan fingerprint density at radius 1 is 1.15 bits per heavy atom. The smallest absolute Gasteiger partial charge is 0.260 e. The van der Waals surface area contributed by atoms with Gasteiger partial charge in [-0.1, -0.05) is 32.8 Å². The van der Waals surface area contributed by atoms with E-state index in [0.717, 1.165) is 38.4 Å². The maximum Gasteiger partial charge on any atom is 0.260 e. The summed E-state index contributed by atoms with van der Waals surface area (Å²) in [7, 11) is 1.65. The van der Waals surface area contributed by atoms with E-state index < -0.39 is 0 Å². The Morgan fingerprint density at radius 2 is 1.93 bits per heavy atom. The third-order valence-electron chi connectivity index (χ3n) is 6.31. The van der Waals surface area contributed by atoms with Gasteiger partial charge in [-0.15, -0.1) is 0 Å². The molecule has 2 fully saturated rings. The van der Waals surface area contributed by atoms with E-state index in [4.69, 9.17) is 9.47 Å². The van der Waals surface area contributed by atoms with Crippen molar-refractivity contribution in [1.82, 2.24) is 10.2 Å². The second-order valence-corrected chi connectivity index (χ2v) is 8.12. The van der Waals surface area contributed by atoms with Gasteiger partial charge in [0.15, 0.2) is 18.1 Å². The number of nitrogens with zero attached hydrogens (tertiary/aromatic N) is 1. The van der Waals surface area contributed by atoms with E-state index in [1.165, 1.54) is 24.8 Å². The summed E-state index contributed by atoms with van der Waals surface area (Å²) in [6.07, 6.45) is 6.09. The van der Waals surface area contributed by atoms with Crippen LogP contribution < -0.4 is 14.8 Å². The number of rotatable bonds is 7. The Kier molecular flexibility index (Phi) is 7.00. The number of carbonyl (C=O) groups excluding carboxylic acids is 1.